The van der Waals surface area contributed by atoms with Gasteiger partial charge >= 0.3 is 0 Å². The number of nitrogens with zero attached hydrogens (tertiary/aromatic N) is 1. The summed E-state index contributed by atoms with van der Waals surface area (Å²) < 4.78 is 13.2. The summed E-state index contributed by atoms with van der Waals surface area (Å²) in [5, 5.41) is 0. The predicted octanol–water partition coefficient (Wildman–Crippen LogP) is 3.09. The molecule has 0 atom stereocenters. The van der Waals surface area contributed by atoms with Gasteiger partial charge in [0.15, 0.2) is 0 Å². The Balaban J connectivity index is 2.17. The SMILES string of the molecule is CN(CC1CCCC1)c1ccc(F)cc1C(N)=S. The Morgan fingerprint density at radius 1 is 1.44 bits per heavy atom. The number of thiocarbonyl (C=S) groups is 1. The molecule has 0 bridgehead atoms. The fourth-order valence-electron chi connectivity index (χ4n) is 2.72. The fourth-order valence-corrected chi connectivity index (χ4v) is 2.88. The standard InChI is InChI=1S/C14H19FN2S/c1-17(9-10-4-2-3-5-10)13-7-6-11(15)8-12(13)14(16)18/h6-8,10H,2-5,9H2,1H3,(H2,16,18). The maximum absolute atomic E-state index is 13.2. The van der Waals surface area contributed by atoms with Crippen molar-refractivity contribution in [3.8, 4) is 0 Å². The monoisotopic (exact) mass is 266 g/mol. The van der Waals surface area contributed by atoms with E-state index in [0.29, 0.717) is 5.56 Å². The van der Waals surface area contributed by atoms with Crippen LogP contribution >= 0.6 is 12.2 Å². The zero-order valence-electron chi connectivity index (χ0n) is 10.7. The van der Waals surface area contributed by atoms with E-state index >= 15 is 0 Å². The smallest absolute Gasteiger partial charge is 0.124 e. The van der Waals surface area contributed by atoms with Crippen LogP contribution in [0.2, 0.25) is 0 Å². The van der Waals surface area contributed by atoms with Crippen LogP contribution in [0.5, 0.6) is 0 Å². The first kappa shape index (κ1) is 13.3. The molecule has 1 aliphatic carbocycles. The van der Waals surface area contributed by atoms with E-state index in [1.807, 2.05) is 7.05 Å². The zero-order chi connectivity index (χ0) is 13.1. The molecule has 0 amide bonds. The minimum Gasteiger partial charge on any atom is -0.389 e. The maximum atomic E-state index is 13.2. The molecule has 1 saturated carbocycles. The molecule has 0 heterocycles. The largest absolute Gasteiger partial charge is 0.389 e. The van der Waals surface area contributed by atoms with Crippen LogP contribution in [0.1, 0.15) is 31.2 Å². The van der Waals surface area contributed by atoms with Gasteiger partial charge in [-0.3, -0.25) is 0 Å². The minimum absolute atomic E-state index is 0.253. The molecule has 4 heteroatoms. The number of halogens is 1. The van der Waals surface area contributed by atoms with E-state index in [2.05, 4.69) is 4.90 Å². The van der Waals surface area contributed by atoms with Crippen LogP contribution in [0.25, 0.3) is 0 Å². The highest BCUT2D eigenvalue weighted by molar-refractivity contribution is 7.80. The van der Waals surface area contributed by atoms with Crippen LogP contribution in [0.15, 0.2) is 18.2 Å². The van der Waals surface area contributed by atoms with Crippen LogP contribution < -0.4 is 10.6 Å². The van der Waals surface area contributed by atoms with Gasteiger partial charge < -0.3 is 10.6 Å². The minimum atomic E-state index is -0.296. The van der Waals surface area contributed by atoms with Crippen LogP contribution in [0, 0.1) is 11.7 Å². The summed E-state index contributed by atoms with van der Waals surface area (Å²) in [6.07, 6.45) is 5.22. The zero-order valence-corrected chi connectivity index (χ0v) is 11.5. The normalized spacial score (nSPS) is 15.9. The topological polar surface area (TPSA) is 29.3 Å². The van der Waals surface area contributed by atoms with E-state index in [1.54, 1.807) is 6.07 Å². The highest BCUT2D eigenvalue weighted by atomic mass is 32.1. The summed E-state index contributed by atoms with van der Waals surface area (Å²) in [6, 6.07) is 4.64. The van der Waals surface area contributed by atoms with E-state index in [1.165, 1.54) is 37.8 Å². The van der Waals surface area contributed by atoms with Crippen molar-refractivity contribution in [3.63, 3.8) is 0 Å². The first-order valence-corrected chi connectivity index (χ1v) is 6.79. The molecule has 0 aromatic heterocycles. The molecular formula is C14H19FN2S. The lowest BCUT2D eigenvalue weighted by Crippen LogP contribution is -2.26. The summed E-state index contributed by atoms with van der Waals surface area (Å²) in [5.74, 6) is 0.440. The van der Waals surface area contributed by atoms with Crippen molar-refractivity contribution in [3.05, 3.63) is 29.6 Å². The number of rotatable bonds is 4. The van der Waals surface area contributed by atoms with Crippen LogP contribution in [-0.4, -0.2) is 18.6 Å². The summed E-state index contributed by atoms with van der Waals surface area (Å²) >= 11 is 5.00. The molecule has 0 radical (unpaired) electrons. The Bertz CT molecular complexity index is 441. The van der Waals surface area contributed by atoms with Crippen LogP contribution in [-0.2, 0) is 0 Å². The Morgan fingerprint density at radius 3 is 2.72 bits per heavy atom. The molecule has 1 aliphatic rings. The van der Waals surface area contributed by atoms with Crippen molar-refractivity contribution in [2.24, 2.45) is 11.7 Å². The quantitative estimate of drug-likeness (QED) is 0.849. The average molecular weight is 266 g/mol. The van der Waals surface area contributed by atoms with Gasteiger partial charge in [-0.2, -0.15) is 0 Å². The average Bonchev–Trinajstić information content (AvgIpc) is 2.81. The summed E-state index contributed by atoms with van der Waals surface area (Å²) in [6.45, 7) is 0.987. The molecule has 18 heavy (non-hydrogen) atoms. The molecular weight excluding hydrogens is 247 g/mol. The molecule has 0 saturated heterocycles. The lowest BCUT2D eigenvalue weighted by molar-refractivity contribution is 0.546. The summed E-state index contributed by atoms with van der Waals surface area (Å²) in [4.78, 5) is 2.40. The molecule has 98 valence electrons. The fraction of sp³-hybridized carbons (Fsp3) is 0.500. The third kappa shape index (κ3) is 2.99. The van der Waals surface area contributed by atoms with Gasteiger partial charge in [0, 0.05) is 24.8 Å². The Morgan fingerprint density at radius 2 is 2.11 bits per heavy atom. The van der Waals surface area contributed by atoms with Crippen LogP contribution in [0.4, 0.5) is 10.1 Å². The second kappa shape index (κ2) is 5.65. The maximum Gasteiger partial charge on any atom is 0.124 e. The van der Waals surface area contributed by atoms with Crippen molar-refractivity contribution in [2.75, 3.05) is 18.5 Å². The molecule has 2 N–H and O–H groups in total. The van der Waals surface area contributed by atoms with Gasteiger partial charge in [-0.05, 0) is 37.0 Å². The van der Waals surface area contributed by atoms with Gasteiger partial charge in [0.25, 0.3) is 0 Å². The number of hydrogen-bond donors (Lipinski definition) is 1. The van der Waals surface area contributed by atoms with Gasteiger partial charge in [-0.1, -0.05) is 25.1 Å². The van der Waals surface area contributed by atoms with Gasteiger partial charge in [0.05, 0.1) is 0 Å². The number of benzene rings is 1. The summed E-state index contributed by atoms with van der Waals surface area (Å²) in [7, 11) is 2.02. The van der Waals surface area contributed by atoms with Crippen LogP contribution in [0.3, 0.4) is 0 Å². The van der Waals surface area contributed by atoms with E-state index in [0.717, 1.165) is 18.2 Å². The van der Waals surface area contributed by atoms with Gasteiger partial charge in [-0.25, -0.2) is 4.39 Å². The molecule has 2 nitrogen and oxygen atoms in total. The van der Waals surface area contributed by atoms with Crippen molar-refractivity contribution in [1.29, 1.82) is 0 Å². The summed E-state index contributed by atoms with van der Waals surface area (Å²) in [5.41, 5.74) is 7.22. The second-order valence-corrected chi connectivity index (χ2v) is 5.50. The Kier molecular flexibility index (Phi) is 4.17. The van der Waals surface area contributed by atoms with Gasteiger partial charge in [-0.15, -0.1) is 0 Å². The van der Waals surface area contributed by atoms with E-state index in [-0.39, 0.29) is 10.8 Å². The molecule has 0 unspecified atom stereocenters. The number of nitrogens with two attached hydrogens (primary N) is 1. The van der Waals surface area contributed by atoms with Crippen molar-refractivity contribution in [2.45, 2.75) is 25.7 Å². The van der Waals surface area contributed by atoms with E-state index < -0.39 is 0 Å². The third-order valence-electron chi connectivity index (χ3n) is 3.64. The third-order valence-corrected chi connectivity index (χ3v) is 3.86. The van der Waals surface area contributed by atoms with Crippen molar-refractivity contribution < 1.29 is 4.39 Å². The lowest BCUT2D eigenvalue weighted by Gasteiger charge is -2.25. The van der Waals surface area contributed by atoms with Crippen molar-refractivity contribution in [1.82, 2.24) is 0 Å². The van der Waals surface area contributed by atoms with Gasteiger partial charge in [0.1, 0.15) is 10.8 Å². The van der Waals surface area contributed by atoms with Gasteiger partial charge in [0.2, 0.25) is 0 Å². The predicted molar refractivity (Wildman–Crippen MR) is 77.5 cm³/mol. The van der Waals surface area contributed by atoms with E-state index in [4.69, 9.17) is 18.0 Å². The molecule has 1 aromatic rings. The van der Waals surface area contributed by atoms with E-state index in [9.17, 15) is 4.39 Å². The highest BCUT2D eigenvalue weighted by Crippen LogP contribution is 2.28. The second-order valence-electron chi connectivity index (χ2n) is 5.06. The lowest BCUT2D eigenvalue weighted by atomic mass is 10.1. The van der Waals surface area contributed by atoms with Crippen molar-refractivity contribution >= 4 is 22.9 Å². The number of hydrogen-bond acceptors (Lipinski definition) is 2. The Hall–Kier alpha value is -1.16. The molecule has 2 rings (SSSR count). The molecule has 0 aliphatic heterocycles. The molecule has 1 fully saturated rings. The highest BCUT2D eigenvalue weighted by Gasteiger charge is 2.19. The first-order chi connectivity index (χ1) is 8.58. The molecule has 1 aromatic carbocycles. The number of anilines is 1. The molecule has 0 spiro atoms. The Labute approximate surface area is 113 Å². The first-order valence-electron chi connectivity index (χ1n) is 6.38.